The number of piperidine rings is 1. The number of carbonyl (C=O) groups is 1. The Labute approximate surface area is 212 Å². The molecule has 0 spiro atoms. The fourth-order valence-corrected chi connectivity index (χ4v) is 6.89. The van der Waals surface area contributed by atoms with Crippen LogP contribution in [0, 0.1) is 12.8 Å². The van der Waals surface area contributed by atoms with Crippen LogP contribution < -0.4 is 4.72 Å². The highest BCUT2D eigenvalue weighted by molar-refractivity contribution is 7.88. The Morgan fingerprint density at radius 3 is 2.67 bits per heavy atom. The average molecular weight is 521 g/mol. The Morgan fingerprint density at radius 2 is 2.00 bits per heavy atom. The molecule has 8 nitrogen and oxygen atoms in total. The summed E-state index contributed by atoms with van der Waals surface area (Å²) in [7, 11) is -3.40. The van der Waals surface area contributed by atoms with E-state index in [0.717, 1.165) is 49.7 Å². The predicted octanol–water partition coefficient (Wildman–Crippen LogP) is 3.34. The molecular weight excluding hydrogens is 483 g/mol. The zero-order chi connectivity index (χ0) is 25.5. The second-order valence-electron chi connectivity index (χ2n) is 11.0. The summed E-state index contributed by atoms with van der Waals surface area (Å²) in [6, 6.07) is 4.09. The highest BCUT2D eigenvalue weighted by Crippen LogP contribution is 2.39. The van der Waals surface area contributed by atoms with Gasteiger partial charge in [-0.1, -0.05) is 0 Å². The van der Waals surface area contributed by atoms with Crippen molar-refractivity contribution in [2.75, 3.05) is 26.0 Å². The predicted molar refractivity (Wildman–Crippen MR) is 135 cm³/mol. The molecule has 1 aliphatic heterocycles. The van der Waals surface area contributed by atoms with Crippen LogP contribution >= 0.6 is 0 Å². The van der Waals surface area contributed by atoms with Crippen molar-refractivity contribution in [3.8, 4) is 0 Å². The lowest BCUT2D eigenvalue weighted by Gasteiger charge is -2.43. The number of aryl methyl sites for hydroxylation is 1. The molecule has 2 aromatic heterocycles. The van der Waals surface area contributed by atoms with Gasteiger partial charge in [-0.15, -0.1) is 0 Å². The Kier molecular flexibility index (Phi) is 7.13. The van der Waals surface area contributed by atoms with Gasteiger partial charge in [0, 0.05) is 31.2 Å². The van der Waals surface area contributed by atoms with Crippen LogP contribution in [0.4, 0.5) is 4.39 Å². The summed E-state index contributed by atoms with van der Waals surface area (Å²) in [5.74, 6) is 0.819. The van der Waals surface area contributed by atoms with Crippen LogP contribution in [0.5, 0.6) is 0 Å². The van der Waals surface area contributed by atoms with Gasteiger partial charge >= 0.3 is 0 Å². The van der Waals surface area contributed by atoms with Crippen molar-refractivity contribution >= 4 is 21.4 Å². The number of sulfonamides is 1. The monoisotopic (exact) mass is 520 g/mol. The first-order chi connectivity index (χ1) is 17.1. The van der Waals surface area contributed by atoms with E-state index in [-0.39, 0.29) is 30.9 Å². The number of likely N-dealkylation sites (tertiary alicyclic amines) is 1. The van der Waals surface area contributed by atoms with Crippen LogP contribution in [0.3, 0.4) is 0 Å². The lowest BCUT2D eigenvalue weighted by Crippen LogP contribution is -2.58. The van der Waals surface area contributed by atoms with Gasteiger partial charge in [0.25, 0.3) is 5.91 Å². The molecule has 2 aromatic rings. The topological polar surface area (TPSA) is 93.0 Å². The van der Waals surface area contributed by atoms with E-state index in [1.165, 1.54) is 5.56 Å². The van der Waals surface area contributed by atoms with Crippen molar-refractivity contribution < 1.29 is 22.3 Å². The van der Waals surface area contributed by atoms with Gasteiger partial charge in [0.1, 0.15) is 5.82 Å². The number of carbonyl (C=O) groups excluding carboxylic acids is 1. The number of halogens is 1. The summed E-state index contributed by atoms with van der Waals surface area (Å²) in [5, 5.41) is 0. The van der Waals surface area contributed by atoms with Crippen LogP contribution in [-0.2, 0) is 19.6 Å². The Morgan fingerprint density at radius 1 is 1.25 bits per heavy atom. The molecule has 3 fully saturated rings. The number of ether oxygens (including phenoxy) is 1. The number of alkyl halides is 1. The first kappa shape index (κ1) is 25.6. The molecule has 10 heteroatoms. The molecular formula is C26H37FN4O4S. The van der Waals surface area contributed by atoms with Crippen LogP contribution in [0.15, 0.2) is 24.5 Å². The smallest absolute Gasteiger partial charge is 0.260 e. The summed E-state index contributed by atoms with van der Waals surface area (Å²) in [6.45, 7) is 3.03. The largest absolute Gasteiger partial charge is 0.378 e. The normalized spacial score (nSPS) is 28.7. The van der Waals surface area contributed by atoms with Gasteiger partial charge in [-0.05, 0) is 81.9 Å². The summed E-state index contributed by atoms with van der Waals surface area (Å²) >= 11 is 0. The molecule has 2 saturated carbocycles. The zero-order valence-corrected chi connectivity index (χ0v) is 22.0. The first-order valence-corrected chi connectivity index (χ1v) is 15.0. The molecule has 2 atom stereocenters. The number of nitrogens with zero attached hydrogens (tertiary/aromatic N) is 3. The minimum atomic E-state index is -3.40. The van der Waals surface area contributed by atoms with Crippen molar-refractivity contribution in [2.24, 2.45) is 5.92 Å². The second-order valence-corrected chi connectivity index (χ2v) is 12.8. The summed E-state index contributed by atoms with van der Waals surface area (Å²) in [5.41, 5.74) is 0.705. The molecule has 3 heterocycles. The van der Waals surface area contributed by atoms with E-state index in [9.17, 15) is 17.6 Å². The van der Waals surface area contributed by atoms with Gasteiger partial charge in [-0.3, -0.25) is 4.79 Å². The minimum Gasteiger partial charge on any atom is -0.378 e. The molecule has 1 amide bonds. The van der Waals surface area contributed by atoms with E-state index < -0.39 is 21.6 Å². The number of amides is 1. The molecule has 2 aliphatic carbocycles. The van der Waals surface area contributed by atoms with E-state index in [1.807, 2.05) is 13.1 Å². The fraction of sp³-hybridized carbons (Fsp3) is 0.692. The van der Waals surface area contributed by atoms with Gasteiger partial charge in [0.2, 0.25) is 10.0 Å². The summed E-state index contributed by atoms with van der Waals surface area (Å²) in [4.78, 5) is 18.7. The summed E-state index contributed by atoms with van der Waals surface area (Å²) < 4.78 is 49.8. The van der Waals surface area contributed by atoms with Crippen molar-refractivity contribution in [1.29, 1.82) is 0 Å². The van der Waals surface area contributed by atoms with Crippen LogP contribution in [0.25, 0.3) is 5.52 Å². The number of aromatic nitrogens is 2. The van der Waals surface area contributed by atoms with Gasteiger partial charge in [-0.2, -0.15) is 0 Å². The lowest BCUT2D eigenvalue weighted by molar-refractivity contribution is -0.153. The van der Waals surface area contributed by atoms with Crippen molar-refractivity contribution in [3.63, 3.8) is 0 Å². The molecule has 36 heavy (non-hydrogen) atoms. The van der Waals surface area contributed by atoms with E-state index in [4.69, 9.17) is 4.74 Å². The van der Waals surface area contributed by atoms with E-state index in [2.05, 4.69) is 32.4 Å². The molecule has 0 radical (unpaired) electrons. The lowest BCUT2D eigenvalue weighted by atomic mass is 9.80. The highest BCUT2D eigenvalue weighted by atomic mass is 32.2. The van der Waals surface area contributed by atoms with E-state index >= 15 is 0 Å². The number of rotatable bonds is 7. The van der Waals surface area contributed by atoms with Crippen LogP contribution in [0.1, 0.15) is 68.7 Å². The number of imidazole rings is 1. The van der Waals surface area contributed by atoms with Crippen LogP contribution in [-0.4, -0.2) is 72.4 Å². The van der Waals surface area contributed by atoms with Crippen molar-refractivity contribution in [1.82, 2.24) is 19.0 Å². The molecule has 5 rings (SSSR count). The average Bonchev–Trinajstić information content (AvgIpc) is 3.21. The molecule has 1 N–H and O–H groups in total. The molecule has 1 saturated heterocycles. The number of hydrogen-bond acceptors (Lipinski definition) is 5. The minimum absolute atomic E-state index is 0.103. The molecule has 0 aromatic carbocycles. The maximum absolute atomic E-state index is 14.8. The third-order valence-electron chi connectivity index (χ3n) is 8.35. The Bertz CT molecular complexity index is 1200. The number of hydrogen-bond donors (Lipinski definition) is 1. The highest BCUT2D eigenvalue weighted by Gasteiger charge is 2.48. The van der Waals surface area contributed by atoms with Gasteiger partial charge < -0.3 is 14.0 Å². The quantitative estimate of drug-likeness (QED) is 0.605. The Balaban J connectivity index is 1.17. The van der Waals surface area contributed by atoms with E-state index in [0.29, 0.717) is 32.0 Å². The summed E-state index contributed by atoms with van der Waals surface area (Å²) in [6.07, 6.45) is 10.9. The number of pyridine rings is 1. The molecule has 0 unspecified atom stereocenters. The SMILES string of the molecule is Cc1ncc2cc(C3CCC(OC[C@@H]4CN(C(=O)C5(F)CCC5)CC[C@@H]4NS(C)(=O)=O)CC3)ccn12. The first-order valence-electron chi connectivity index (χ1n) is 13.1. The van der Waals surface area contributed by atoms with Crippen molar-refractivity contribution in [2.45, 2.75) is 82.0 Å². The fourth-order valence-electron chi connectivity index (χ4n) is 6.03. The van der Waals surface area contributed by atoms with Crippen LogP contribution in [0.2, 0.25) is 0 Å². The third-order valence-corrected chi connectivity index (χ3v) is 9.08. The number of fused-ring (bicyclic) bond motifs is 1. The van der Waals surface area contributed by atoms with E-state index in [1.54, 1.807) is 4.90 Å². The van der Waals surface area contributed by atoms with Gasteiger partial charge in [0.15, 0.2) is 5.67 Å². The zero-order valence-electron chi connectivity index (χ0n) is 21.2. The molecule has 3 aliphatic rings. The maximum Gasteiger partial charge on any atom is 0.260 e. The van der Waals surface area contributed by atoms with Crippen molar-refractivity contribution in [3.05, 3.63) is 35.9 Å². The Hall–Kier alpha value is -2.04. The van der Waals surface area contributed by atoms with Gasteiger partial charge in [-0.25, -0.2) is 22.5 Å². The molecule has 198 valence electrons. The second kappa shape index (κ2) is 10.0. The third kappa shape index (κ3) is 5.45. The standard InChI is InChI=1S/C26H37FN4O4S/c1-18-28-15-22-14-20(8-13-31(18)22)19-4-6-23(7-5-19)35-17-21-16-30(25(32)26(27)10-3-11-26)12-9-24(21)29-36(2,33)34/h8,13-15,19,21,23-24,29H,3-7,9-12,16-17H2,1-2H3/t19?,21-,23?,24-/m0/s1. The van der Waals surface area contributed by atoms with Gasteiger partial charge in [0.05, 0.1) is 30.7 Å². The molecule has 0 bridgehead atoms. The maximum atomic E-state index is 14.8. The number of nitrogens with one attached hydrogen (secondary N) is 1.